The lowest BCUT2D eigenvalue weighted by molar-refractivity contribution is 0.354. The lowest BCUT2D eigenvalue weighted by Crippen LogP contribution is -2.36. The molecule has 2 N–H and O–H groups in total. The molecule has 0 bridgehead atoms. The summed E-state index contributed by atoms with van der Waals surface area (Å²) in [5.74, 6) is 2.94. The highest BCUT2D eigenvalue weighted by atomic mass is 127. The lowest BCUT2D eigenvalue weighted by Gasteiger charge is -2.15. The van der Waals surface area contributed by atoms with E-state index in [-0.39, 0.29) is 24.0 Å². The van der Waals surface area contributed by atoms with E-state index in [1.165, 1.54) is 0 Å². The van der Waals surface area contributed by atoms with Gasteiger partial charge in [0.2, 0.25) is 0 Å². The van der Waals surface area contributed by atoms with Crippen LogP contribution in [-0.4, -0.2) is 33.8 Å². The molecule has 0 heterocycles. The number of aliphatic imine (C=N–C) groups is 1. The first-order valence-corrected chi connectivity index (χ1v) is 8.68. The maximum atomic E-state index is 5.68. The minimum atomic E-state index is 0. The third kappa shape index (κ3) is 6.95. The first kappa shape index (κ1) is 23.6. The molecule has 0 amide bonds. The van der Waals surface area contributed by atoms with Crippen LogP contribution in [0.2, 0.25) is 0 Å². The van der Waals surface area contributed by atoms with E-state index in [0.717, 1.165) is 16.9 Å². The molecule has 0 spiro atoms. The van der Waals surface area contributed by atoms with Crippen LogP contribution in [-0.2, 0) is 13.1 Å². The first-order valence-electron chi connectivity index (χ1n) is 8.68. The van der Waals surface area contributed by atoms with E-state index in [9.17, 15) is 0 Å². The molecule has 2 aromatic rings. The van der Waals surface area contributed by atoms with Crippen LogP contribution in [0.5, 0.6) is 17.2 Å². The van der Waals surface area contributed by atoms with Crippen molar-refractivity contribution in [2.24, 2.45) is 4.99 Å². The van der Waals surface area contributed by atoms with E-state index in [0.29, 0.717) is 37.2 Å². The largest absolute Gasteiger partial charge is 0.493 e. The zero-order valence-electron chi connectivity index (χ0n) is 16.5. The molecule has 152 valence electrons. The Morgan fingerprint density at radius 2 is 1.71 bits per heavy atom. The van der Waals surface area contributed by atoms with Gasteiger partial charge < -0.3 is 24.8 Å². The number of hydrogen-bond acceptors (Lipinski definition) is 4. The van der Waals surface area contributed by atoms with Gasteiger partial charge in [0.25, 0.3) is 0 Å². The van der Waals surface area contributed by atoms with Gasteiger partial charge in [0.15, 0.2) is 17.5 Å². The fourth-order valence-corrected chi connectivity index (χ4v) is 2.52. The summed E-state index contributed by atoms with van der Waals surface area (Å²) in [6, 6.07) is 13.7. The fourth-order valence-electron chi connectivity index (χ4n) is 2.52. The Morgan fingerprint density at radius 3 is 2.39 bits per heavy atom. The number of benzene rings is 2. The van der Waals surface area contributed by atoms with E-state index in [2.05, 4.69) is 22.2 Å². The van der Waals surface area contributed by atoms with Crippen LogP contribution in [0.3, 0.4) is 0 Å². The number of hydrogen-bond donors (Lipinski definition) is 2. The van der Waals surface area contributed by atoms with E-state index in [4.69, 9.17) is 14.2 Å². The molecule has 7 heteroatoms. The maximum Gasteiger partial charge on any atom is 0.191 e. The molecule has 0 aliphatic carbocycles. The number of rotatable bonds is 9. The monoisotopic (exact) mass is 497 g/mol. The van der Waals surface area contributed by atoms with Crippen molar-refractivity contribution in [1.82, 2.24) is 10.6 Å². The van der Waals surface area contributed by atoms with Gasteiger partial charge in [-0.25, -0.2) is 0 Å². The smallest absolute Gasteiger partial charge is 0.191 e. The third-order valence-electron chi connectivity index (χ3n) is 3.91. The number of guanidine groups is 1. The van der Waals surface area contributed by atoms with E-state index in [1.807, 2.05) is 42.5 Å². The van der Waals surface area contributed by atoms with Crippen molar-refractivity contribution in [2.45, 2.75) is 13.1 Å². The van der Waals surface area contributed by atoms with Gasteiger partial charge in [0.1, 0.15) is 12.4 Å². The highest BCUT2D eigenvalue weighted by Crippen LogP contribution is 2.27. The Bertz CT molecular complexity index is 781. The fraction of sp³-hybridized carbons (Fsp3) is 0.286. The molecule has 0 atom stereocenters. The second-order valence-corrected chi connectivity index (χ2v) is 5.68. The Morgan fingerprint density at radius 1 is 1.00 bits per heavy atom. The molecular formula is C21H28IN3O3. The molecular weight excluding hydrogens is 469 g/mol. The van der Waals surface area contributed by atoms with Gasteiger partial charge in [-0.05, 0) is 23.8 Å². The second kappa shape index (κ2) is 12.9. The highest BCUT2D eigenvalue weighted by molar-refractivity contribution is 14.0. The third-order valence-corrected chi connectivity index (χ3v) is 3.91. The predicted molar refractivity (Wildman–Crippen MR) is 124 cm³/mol. The molecule has 2 rings (SSSR count). The van der Waals surface area contributed by atoms with Gasteiger partial charge >= 0.3 is 0 Å². The van der Waals surface area contributed by atoms with Crippen molar-refractivity contribution in [3.8, 4) is 17.2 Å². The van der Waals surface area contributed by atoms with Gasteiger partial charge in [-0.1, -0.05) is 36.9 Å². The summed E-state index contributed by atoms with van der Waals surface area (Å²) in [4.78, 5) is 4.27. The van der Waals surface area contributed by atoms with E-state index in [1.54, 1.807) is 27.3 Å². The Hall–Kier alpha value is -2.42. The Balaban J connectivity index is 0.00000392. The minimum Gasteiger partial charge on any atom is -0.493 e. The molecule has 0 saturated heterocycles. The van der Waals surface area contributed by atoms with Crippen LogP contribution in [0.4, 0.5) is 0 Å². The minimum absolute atomic E-state index is 0. The SMILES string of the molecule is C=CCOc1ccccc1CNC(=NC)NCc1ccc(OC)c(OC)c1.I. The standard InChI is InChI=1S/C21H27N3O3.HI/c1-5-12-27-18-9-7-6-8-17(18)15-24-21(22-2)23-14-16-10-11-19(25-3)20(13-16)26-4;/h5-11,13H,1,12,14-15H2,2-4H3,(H2,22,23,24);1H. The molecule has 0 saturated carbocycles. The zero-order chi connectivity index (χ0) is 19.5. The molecule has 0 aromatic heterocycles. The number of halogens is 1. The number of para-hydroxylation sites is 1. The molecule has 0 unspecified atom stereocenters. The molecule has 2 aromatic carbocycles. The molecule has 0 radical (unpaired) electrons. The van der Waals surface area contributed by atoms with Crippen LogP contribution in [0.25, 0.3) is 0 Å². The Kier molecular flexibility index (Phi) is 10.9. The summed E-state index contributed by atoms with van der Waals surface area (Å²) in [7, 11) is 4.99. The molecule has 6 nitrogen and oxygen atoms in total. The summed E-state index contributed by atoms with van der Waals surface area (Å²) in [6.45, 7) is 5.36. The number of nitrogens with zero attached hydrogens (tertiary/aromatic N) is 1. The van der Waals surface area contributed by atoms with Crippen molar-refractivity contribution in [3.63, 3.8) is 0 Å². The summed E-state index contributed by atoms with van der Waals surface area (Å²) in [5.41, 5.74) is 2.11. The van der Waals surface area contributed by atoms with Crippen LogP contribution in [0, 0.1) is 0 Å². The average Bonchev–Trinajstić information content (AvgIpc) is 2.72. The van der Waals surface area contributed by atoms with Crippen molar-refractivity contribution >= 4 is 29.9 Å². The van der Waals surface area contributed by atoms with Crippen molar-refractivity contribution < 1.29 is 14.2 Å². The quantitative estimate of drug-likeness (QED) is 0.239. The van der Waals surface area contributed by atoms with Crippen molar-refractivity contribution in [3.05, 3.63) is 66.2 Å². The van der Waals surface area contributed by atoms with Crippen molar-refractivity contribution in [2.75, 3.05) is 27.9 Å². The topological polar surface area (TPSA) is 64.1 Å². The average molecular weight is 497 g/mol. The summed E-state index contributed by atoms with van der Waals surface area (Å²) >= 11 is 0. The van der Waals surface area contributed by atoms with Crippen molar-refractivity contribution in [1.29, 1.82) is 0 Å². The van der Waals surface area contributed by atoms with Crippen LogP contribution < -0.4 is 24.8 Å². The summed E-state index contributed by atoms with van der Waals surface area (Å²) in [6.07, 6.45) is 1.73. The second-order valence-electron chi connectivity index (χ2n) is 5.68. The summed E-state index contributed by atoms with van der Waals surface area (Å²) < 4.78 is 16.3. The van der Waals surface area contributed by atoms with Gasteiger partial charge in [0.05, 0.1) is 14.2 Å². The van der Waals surface area contributed by atoms with Gasteiger partial charge in [-0.15, -0.1) is 24.0 Å². The Labute approximate surface area is 184 Å². The normalized spacial score (nSPS) is 10.5. The van der Waals surface area contributed by atoms with Crippen LogP contribution in [0.15, 0.2) is 60.1 Å². The maximum absolute atomic E-state index is 5.68. The van der Waals surface area contributed by atoms with Crippen LogP contribution >= 0.6 is 24.0 Å². The molecule has 0 aliphatic rings. The number of nitrogens with one attached hydrogen (secondary N) is 2. The number of methoxy groups -OCH3 is 2. The number of ether oxygens (including phenoxy) is 3. The first-order chi connectivity index (χ1) is 13.2. The van der Waals surface area contributed by atoms with Gasteiger partial charge in [-0.2, -0.15) is 0 Å². The molecule has 0 fully saturated rings. The highest BCUT2D eigenvalue weighted by Gasteiger charge is 2.07. The zero-order valence-corrected chi connectivity index (χ0v) is 18.9. The molecule has 28 heavy (non-hydrogen) atoms. The van der Waals surface area contributed by atoms with E-state index < -0.39 is 0 Å². The van der Waals surface area contributed by atoms with Gasteiger partial charge in [0, 0.05) is 25.7 Å². The van der Waals surface area contributed by atoms with Crippen LogP contribution in [0.1, 0.15) is 11.1 Å². The van der Waals surface area contributed by atoms with Gasteiger partial charge in [-0.3, -0.25) is 4.99 Å². The predicted octanol–water partition coefficient (Wildman–Crippen LogP) is 3.75. The summed E-state index contributed by atoms with van der Waals surface area (Å²) in [5, 5.41) is 6.59. The molecule has 0 aliphatic heterocycles. The van der Waals surface area contributed by atoms with E-state index >= 15 is 0 Å². The lowest BCUT2D eigenvalue weighted by atomic mass is 10.2.